The van der Waals surface area contributed by atoms with Gasteiger partial charge in [0.2, 0.25) is 0 Å². The van der Waals surface area contributed by atoms with E-state index in [9.17, 15) is 4.79 Å². The van der Waals surface area contributed by atoms with E-state index in [4.69, 9.17) is 5.11 Å². The van der Waals surface area contributed by atoms with Crippen LogP contribution in [0.1, 0.15) is 0 Å². The van der Waals surface area contributed by atoms with E-state index in [1.165, 1.54) is 0 Å². The summed E-state index contributed by atoms with van der Waals surface area (Å²) < 4.78 is 0. The number of aliphatic hydroxyl groups is 1. The van der Waals surface area contributed by atoms with Crippen molar-refractivity contribution < 1.29 is 9.90 Å². The van der Waals surface area contributed by atoms with Crippen LogP contribution in [-0.4, -0.2) is 31.3 Å². The summed E-state index contributed by atoms with van der Waals surface area (Å²) in [5, 5.41) is 10.6. The minimum absolute atomic E-state index is 0.0445. The second-order valence-electron chi connectivity index (χ2n) is 1.35. The number of carbonyl (C=O) groups excluding carboxylic acids is 1. The lowest BCUT2D eigenvalue weighted by Gasteiger charge is -2.02. The molecule has 0 spiro atoms. The molecule has 0 aliphatic heterocycles. The van der Waals surface area contributed by atoms with Crippen molar-refractivity contribution in [1.82, 2.24) is 16.2 Å². The molecular formula is C4H11N3O2. The Hall–Kier alpha value is -0.810. The van der Waals surface area contributed by atoms with Crippen LogP contribution in [0.4, 0.5) is 4.79 Å². The maximum atomic E-state index is 10.4. The summed E-state index contributed by atoms with van der Waals surface area (Å²) >= 11 is 0. The summed E-state index contributed by atoms with van der Waals surface area (Å²) in [6, 6.07) is -0.341. The van der Waals surface area contributed by atoms with Gasteiger partial charge in [0.1, 0.15) is 0 Å². The highest BCUT2D eigenvalue weighted by atomic mass is 16.3. The summed E-state index contributed by atoms with van der Waals surface area (Å²) in [6.45, 7) is 0.227. The Kier molecular flexibility index (Phi) is 4.85. The molecule has 0 rings (SSSR count). The van der Waals surface area contributed by atoms with Crippen molar-refractivity contribution in [3.05, 3.63) is 0 Å². The Bertz CT molecular complexity index is 85.9. The first-order valence-electron chi connectivity index (χ1n) is 2.62. The first-order valence-corrected chi connectivity index (χ1v) is 2.62. The van der Waals surface area contributed by atoms with Crippen molar-refractivity contribution in [2.75, 3.05) is 20.2 Å². The molecule has 0 atom stereocenters. The molecule has 0 saturated heterocycles. The second-order valence-corrected chi connectivity index (χ2v) is 1.35. The SMILES string of the molecule is CNNC(=O)NCCO. The lowest BCUT2D eigenvalue weighted by molar-refractivity contribution is 0.231. The highest BCUT2D eigenvalue weighted by Crippen LogP contribution is 1.58. The molecule has 5 heteroatoms. The summed E-state index contributed by atoms with van der Waals surface area (Å²) in [4.78, 5) is 10.4. The van der Waals surface area contributed by atoms with Crippen molar-refractivity contribution >= 4 is 6.03 Å². The molecule has 4 N–H and O–H groups in total. The molecule has 0 aliphatic carbocycles. The van der Waals surface area contributed by atoms with Gasteiger partial charge < -0.3 is 10.4 Å². The molecule has 0 unspecified atom stereocenters. The molecule has 0 aromatic carbocycles. The van der Waals surface area contributed by atoms with Crippen molar-refractivity contribution in [1.29, 1.82) is 0 Å². The average molecular weight is 133 g/mol. The number of rotatable bonds is 3. The van der Waals surface area contributed by atoms with Gasteiger partial charge in [-0.2, -0.15) is 0 Å². The Morgan fingerprint density at radius 2 is 2.33 bits per heavy atom. The Morgan fingerprint density at radius 3 is 2.78 bits per heavy atom. The normalized spacial score (nSPS) is 8.67. The number of nitrogens with one attached hydrogen (secondary N) is 3. The number of aliphatic hydroxyl groups excluding tert-OH is 1. The fourth-order valence-electron chi connectivity index (χ4n) is 0.327. The summed E-state index contributed by atoms with van der Waals surface area (Å²) in [7, 11) is 1.58. The van der Waals surface area contributed by atoms with Crippen molar-refractivity contribution in [3.63, 3.8) is 0 Å². The van der Waals surface area contributed by atoms with Crippen LogP contribution in [0.3, 0.4) is 0 Å². The summed E-state index contributed by atoms with van der Waals surface area (Å²) in [6.07, 6.45) is 0. The molecule has 0 heterocycles. The van der Waals surface area contributed by atoms with Gasteiger partial charge in [-0.25, -0.2) is 10.2 Å². The Labute approximate surface area is 53.4 Å². The Morgan fingerprint density at radius 1 is 1.67 bits per heavy atom. The predicted octanol–water partition coefficient (Wildman–Crippen LogP) is -1.59. The number of hydrazine groups is 1. The number of carbonyl (C=O) groups is 1. The first kappa shape index (κ1) is 8.19. The zero-order valence-electron chi connectivity index (χ0n) is 5.27. The average Bonchev–Trinajstić information content (AvgIpc) is 1.85. The molecule has 5 nitrogen and oxygen atoms in total. The van der Waals surface area contributed by atoms with E-state index in [1.807, 2.05) is 0 Å². The quantitative estimate of drug-likeness (QED) is 0.351. The maximum Gasteiger partial charge on any atom is 0.329 e. The number of hydrogen-bond acceptors (Lipinski definition) is 3. The molecule has 0 aliphatic rings. The fraction of sp³-hybridized carbons (Fsp3) is 0.750. The van der Waals surface area contributed by atoms with Gasteiger partial charge in [0, 0.05) is 13.6 Å². The largest absolute Gasteiger partial charge is 0.395 e. The van der Waals surface area contributed by atoms with E-state index in [1.54, 1.807) is 7.05 Å². The van der Waals surface area contributed by atoms with E-state index in [0.717, 1.165) is 0 Å². The van der Waals surface area contributed by atoms with E-state index in [0.29, 0.717) is 0 Å². The van der Waals surface area contributed by atoms with Crippen LogP contribution in [0.15, 0.2) is 0 Å². The van der Waals surface area contributed by atoms with Gasteiger partial charge in [-0.1, -0.05) is 0 Å². The molecule has 2 amide bonds. The molecule has 0 fully saturated rings. The highest BCUT2D eigenvalue weighted by Gasteiger charge is 1.92. The van der Waals surface area contributed by atoms with Gasteiger partial charge in [-0.05, 0) is 0 Å². The van der Waals surface area contributed by atoms with Gasteiger partial charge in [0.25, 0.3) is 0 Å². The third-order valence-electron chi connectivity index (χ3n) is 0.636. The van der Waals surface area contributed by atoms with Crippen LogP contribution < -0.4 is 16.2 Å². The van der Waals surface area contributed by atoms with E-state index in [2.05, 4.69) is 16.2 Å². The topological polar surface area (TPSA) is 73.4 Å². The monoisotopic (exact) mass is 133 g/mol. The van der Waals surface area contributed by atoms with E-state index < -0.39 is 0 Å². The van der Waals surface area contributed by atoms with Crippen molar-refractivity contribution in [2.45, 2.75) is 0 Å². The van der Waals surface area contributed by atoms with E-state index in [-0.39, 0.29) is 19.2 Å². The minimum atomic E-state index is -0.341. The molecule has 0 radical (unpaired) electrons. The van der Waals surface area contributed by atoms with Gasteiger partial charge in [0.05, 0.1) is 6.61 Å². The first-order chi connectivity index (χ1) is 4.31. The lowest BCUT2D eigenvalue weighted by Crippen LogP contribution is -2.43. The van der Waals surface area contributed by atoms with Crippen LogP contribution in [0.25, 0.3) is 0 Å². The smallest absolute Gasteiger partial charge is 0.329 e. The molecular weight excluding hydrogens is 122 g/mol. The molecule has 0 aromatic heterocycles. The number of amides is 2. The molecule has 54 valence electrons. The van der Waals surface area contributed by atoms with Gasteiger partial charge >= 0.3 is 6.03 Å². The van der Waals surface area contributed by atoms with Crippen molar-refractivity contribution in [2.24, 2.45) is 0 Å². The lowest BCUT2D eigenvalue weighted by atomic mass is 10.7. The standard InChI is InChI=1S/C4H11N3O2/c1-5-7-4(9)6-2-3-8/h5,8H,2-3H2,1H3,(H2,6,7,9). The summed E-state index contributed by atoms with van der Waals surface area (Å²) in [5.74, 6) is 0. The second kappa shape index (κ2) is 5.33. The zero-order chi connectivity index (χ0) is 7.11. The third kappa shape index (κ3) is 5.05. The maximum absolute atomic E-state index is 10.4. The van der Waals surface area contributed by atoms with E-state index >= 15 is 0 Å². The van der Waals surface area contributed by atoms with Crippen LogP contribution in [-0.2, 0) is 0 Å². The molecule has 9 heavy (non-hydrogen) atoms. The zero-order valence-corrected chi connectivity index (χ0v) is 5.27. The van der Waals surface area contributed by atoms with Crippen molar-refractivity contribution in [3.8, 4) is 0 Å². The fourth-order valence-corrected chi connectivity index (χ4v) is 0.327. The van der Waals surface area contributed by atoms with Crippen LogP contribution in [0.2, 0.25) is 0 Å². The van der Waals surface area contributed by atoms with Gasteiger partial charge in [0.15, 0.2) is 0 Å². The highest BCUT2D eigenvalue weighted by molar-refractivity contribution is 5.73. The molecule has 0 saturated carbocycles. The Balaban J connectivity index is 3.06. The summed E-state index contributed by atoms with van der Waals surface area (Å²) in [5.41, 5.74) is 4.70. The van der Waals surface area contributed by atoms with Crippen LogP contribution in [0.5, 0.6) is 0 Å². The van der Waals surface area contributed by atoms with Crippen LogP contribution in [0, 0.1) is 0 Å². The van der Waals surface area contributed by atoms with Gasteiger partial charge in [-0.15, -0.1) is 0 Å². The molecule has 0 aromatic rings. The van der Waals surface area contributed by atoms with Gasteiger partial charge in [-0.3, -0.25) is 5.43 Å². The molecule has 0 bridgehead atoms. The predicted molar refractivity (Wildman–Crippen MR) is 32.7 cm³/mol. The number of urea groups is 1. The third-order valence-corrected chi connectivity index (χ3v) is 0.636. The number of hydrogen-bond donors (Lipinski definition) is 4. The van der Waals surface area contributed by atoms with Crippen LogP contribution >= 0.6 is 0 Å². The minimum Gasteiger partial charge on any atom is -0.395 e.